The van der Waals surface area contributed by atoms with Gasteiger partial charge in [-0.2, -0.15) is 6.42 Å². The molecule has 5 heteroatoms. The number of hydrogen-bond acceptors (Lipinski definition) is 2. The third kappa shape index (κ3) is 3.16. The van der Waals surface area contributed by atoms with E-state index in [1.807, 2.05) is 0 Å². The Hall–Kier alpha value is 0.110. The molecule has 8 heavy (non-hydrogen) atoms. The molecule has 4 N–H and O–H groups in total. The van der Waals surface area contributed by atoms with Gasteiger partial charge in [-0.1, -0.05) is 0 Å². The van der Waals surface area contributed by atoms with Crippen LogP contribution in [0.25, 0.3) is 0 Å². The van der Waals surface area contributed by atoms with Gasteiger partial charge in [0.05, 0.1) is 0 Å². The highest BCUT2D eigenvalue weighted by Gasteiger charge is 2.16. The van der Waals surface area contributed by atoms with E-state index in [9.17, 15) is 4.57 Å². The van der Waals surface area contributed by atoms with Crippen LogP contribution in [0, 0.1) is 6.92 Å². The van der Waals surface area contributed by atoms with Gasteiger partial charge in [0.15, 0.2) is 0 Å². The molecule has 0 saturated carbocycles. The maximum Gasteiger partial charge on any atom is 0.376 e. The Labute approximate surface area is 48.1 Å². The maximum atomic E-state index is 10.4. The normalized spacial score (nSPS) is 17.9. The zero-order valence-electron chi connectivity index (χ0n) is 4.54. The fourth-order valence-electron chi connectivity index (χ4n) is 0.264. The minimum Gasteiger partial charge on any atom is -0.343 e. The summed E-state index contributed by atoms with van der Waals surface area (Å²) < 4.78 is 14.4. The molecule has 0 aromatic rings. The monoisotopic (exact) mass is 139 g/mol. The van der Waals surface area contributed by atoms with Crippen LogP contribution in [-0.4, -0.2) is 11.1 Å². The molecule has 0 fully saturated rings. The molecule has 0 aromatic carbocycles. The van der Waals surface area contributed by atoms with Crippen LogP contribution >= 0.6 is 7.60 Å². The predicted molar refractivity (Wildman–Crippen MR) is 28.6 cm³/mol. The van der Waals surface area contributed by atoms with E-state index < -0.39 is 7.60 Å². The quantitative estimate of drug-likeness (QED) is 0.316. The van der Waals surface area contributed by atoms with Crippen molar-refractivity contribution in [3.05, 3.63) is 6.92 Å². The van der Waals surface area contributed by atoms with Crippen LogP contribution in [0.15, 0.2) is 0 Å². The highest BCUT2D eigenvalue weighted by atomic mass is 31.2. The summed E-state index contributed by atoms with van der Waals surface area (Å²) in [6, 6.07) is 0. The van der Waals surface area contributed by atoms with E-state index in [0.29, 0.717) is 6.42 Å². The van der Waals surface area contributed by atoms with Crippen molar-refractivity contribution in [1.82, 2.24) is 0 Å². The van der Waals surface area contributed by atoms with Crippen LogP contribution < -0.4 is 5.90 Å². The third-order valence-electron chi connectivity index (χ3n) is 0.642. The van der Waals surface area contributed by atoms with Crippen LogP contribution in [0.1, 0.15) is 6.42 Å². The van der Waals surface area contributed by atoms with E-state index in [-0.39, 0.29) is 6.16 Å². The topological polar surface area (TPSA) is 74.2 Å². The standard InChI is InChI=1S/C3H10NO3P/c1-2-3-8(5,6)7-4/h1-3H2,4H3,(H,5,6). The van der Waals surface area contributed by atoms with Gasteiger partial charge in [0.2, 0.25) is 0 Å². The molecule has 0 aliphatic carbocycles. The second-order valence-corrected chi connectivity index (χ2v) is 3.32. The molecule has 1 atom stereocenters. The van der Waals surface area contributed by atoms with Crippen molar-refractivity contribution >= 4 is 7.60 Å². The second-order valence-electron chi connectivity index (χ2n) is 1.34. The van der Waals surface area contributed by atoms with Crippen molar-refractivity contribution in [3.63, 3.8) is 0 Å². The minimum atomic E-state index is -3.35. The lowest BCUT2D eigenvalue weighted by atomic mass is 10.6. The fraction of sp³-hybridized carbons (Fsp3) is 0.667. The molecular formula is C3H10NO3P. The van der Waals surface area contributed by atoms with Crippen LogP contribution in [-0.2, 0) is 9.19 Å². The summed E-state index contributed by atoms with van der Waals surface area (Å²) in [6.07, 6.45) is 0.472. The zero-order valence-corrected chi connectivity index (χ0v) is 5.43. The molecule has 0 heterocycles. The highest BCUT2D eigenvalue weighted by Crippen LogP contribution is 2.38. The van der Waals surface area contributed by atoms with Gasteiger partial charge in [0, 0.05) is 6.16 Å². The van der Waals surface area contributed by atoms with Crippen LogP contribution in [0.3, 0.4) is 0 Å². The largest absolute Gasteiger partial charge is 0.376 e. The molecule has 0 aliphatic heterocycles. The van der Waals surface area contributed by atoms with Crippen molar-refractivity contribution in [2.24, 2.45) is 0 Å². The molecule has 0 spiro atoms. The molecule has 0 amide bonds. The van der Waals surface area contributed by atoms with Gasteiger partial charge in [-0.15, -0.1) is 4.62 Å². The Kier molecular flexibility index (Phi) is 3.24. The Morgan fingerprint density at radius 2 is 2.38 bits per heavy atom. The van der Waals surface area contributed by atoms with E-state index >= 15 is 0 Å². The lowest BCUT2D eigenvalue weighted by Gasteiger charge is -2.02. The Morgan fingerprint density at radius 1 is 1.88 bits per heavy atom. The SMILES string of the molecule is [CH2-]CCP(=O)(O)O[NH3+]. The summed E-state index contributed by atoms with van der Waals surface area (Å²) in [5.41, 5.74) is 0. The number of hydrogen-bond donors (Lipinski definition) is 2. The van der Waals surface area contributed by atoms with Gasteiger partial charge >= 0.3 is 7.60 Å². The average molecular weight is 139 g/mol. The molecule has 0 aromatic heterocycles. The minimum absolute atomic E-state index is 0.0799. The first kappa shape index (κ1) is 8.11. The Bertz CT molecular complexity index is 105. The summed E-state index contributed by atoms with van der Waals surface area (Å²) in [7, 11) is -3.35. The zero-order chi connectivity index (χ0) is 6.62. The summed E-state index contributed by atoms with van der Waals surface area (Å²) in [5, 5.41) is 0. The average Bonchev–Trinajstić information content (AvgIpc) is 1.67. The van der Waals surface area contributed by atoms with E-state index in [4.69, 9.17) is 4.89 Å². The Balaban J connectivity index is 3.55. The summed E-state index contributed by atoms with van der Waals surface area (Å²) in [6.45, 7) is 3.38. The van der Waals surface area contributed by atoms with Gasteiger partial charge in [-0.05, 0) is 0 Å². The molecule has 0 bridgehead atoms. The van der Waals surface area contributed by atoms with Crippen molar-refractivity contribution in [3.8, 4) is 0 Å². The smallest absolute Gasteiger partial charge is 0.343 e. The molecule has 50 valence electrons. The van der Waals surface area contributed by atoms with Gasteiger partial charge < -0.3 is 11.8 Å². The van der Waals surface area contributed by atoms with Crippen molar-refractivity contribution in [1.29, 1.82) is 0 Å². The number of rotatable bonds is 3. The van der Waals surface area contributed by atoms with E-state index in [0.717, 1.165) is 0 Å². The molecule has 0 saturated heterocycles. The van der Waals surface area contributed by atoms with Crippen molar-refractivity contribution in [2.75, 3.05) is 6.16 Å². The van der Waals surface area contributed by atoms with Gasteiger partial charge in [0.1, 0.15) is 0 Å². The first-order valence-electron chi connectivity index (χ1n) is 2.17. The fourth-order valence-corrected chi connectivity index (χ4v) is 0.793. The van der Waals surface area contributed by atoms with Crippen LogP contribution in [0.4, 0.5) is 0 Å². The molecule has 1 unspecified atom stereocenters. The van der Waals surface area contributed by atoms with Crippen LogP contribution in [0.5, 0.6) is 0 Å². The van der Waals surface area contributed by atoms with Gasteiger partial charge in [-0.25, -0.2) is 5.90 Å². The third-order valence-corrected chi connectivity index (χ3v) is 1.93. The van der Waals surface area contributed by atoms with Crippen LogP contribution in [0.2, 0.25) is 0 Å². The second kappa shape index (κ2) is 3.20. The predicted octanol–water partition coefficient (Wildman–Crippen LogP) is -0.431. The first-order chi connectivity index (χ1) is 3.62. The summed E-state index contributed by atoms with van der Waals surface area (Å²) in [4.78, 5) is 8.55. The number of quaternary nitrogens is 1. The van der Waals surface area contributed by atoms with Crippen molar-refractivity contribution < 1.29 is 20.0 Å². The summed E-state index contributed by atoms with van der Waals surface area (Å²) >= 11 is 0. The van der Waals surface area contributed by atoms with E-state index in [1.54, 1.807) is 0 Å². The van der Waals surface area contributed by atoms with Gasteiger partial charge in [0.25, 0.3) is 0 Å². The molecule has 0 aliphatic rings. The molecule has 0 rings (SSSR count). The Morgan fingerprint density at radius 3 is 2.50 bits per heavy atom. The lowest BCUT2D eigenvalue weighted by Crippen LogP contribution is -2.47. The maximum absolute atomic E-state index is 10.4. The first-order valence-corrected chi connectivity index (χ1v) is 3.93. The van der Waals surface area contributed by atoms with E-state index in [1.165, 1.54) is 0 Å². The molecule has 4 nitrogen and oxygen atoms in total. The molecule has 0 radical (unpaired) electrons. The van der Waals surface area contributed by atoms with Gasteiger partial charge in [-0.3, -0.25) is 4.57 Å². The lowest BCUT2D eigenvalue weighted by molar-refractivity contribution is -0.640. The van der Waals surface area contributed by atoms with E-state index in [2.05, 4.69) is 17.4 Å². The highest BCUT2D eigenvalue weighted by molar-refractivity contribution is 7.52. The molecular weight excluding hydrogens is 129 g/mol. The summed E-state index contributed by atoms with van der Waals surface area (Å²) in [5.74, 6) is 2.84. The van der Waals surface area contributed by atoms with Crippen molar-refractivity contribution in [2.45, 2.75) is 6.42 Å².